The predicted molar refractivity (Wildman–Crippen MR) is 144 cm³/mol. The minimum absolute atomic E-state index is 0.0769. The Morgan fingerprint density at radius 1 is 0.792 bits per heavy atom. The van der Waals surface area contributed by atoms with E-state index in [1.165, 1.54) is 7.11 Å². The Balaban J connectivity index is 2.07. The molecule has 11 nitrogen and oxygen atoms in total. The number of anilines is 1. The first-order valence-electron chi connectivity index (χ1n) is 13.8. The van der Waals surface area contributed by atoms with Crippen LogP contribution >= 0.6 is 6.72 Å². The summed E-state index contributed by atoms with van der Waals surface area (Å²) in [4.78, 5) is 20.4. The van der Waals surface area contributed by atoms with E-state index >= 15 is 0 Å². The third-order valence-electron chi connectivity index (χ3n) is 7.40. The molecule has 0 saturated carbocycles. The number of methoxy groups -OCH3 is 1. The largest absolute Gasteiger partial charge is 0.460 e. The molecule has 2 aromatic heterocycles. The van der Waals surface area contributed by atoms with Gasteiger partial charge in [-0.1, -0.05) is 6.92 Å². The summed E-state index contributed by atoms with van der Waals surface area (Å²) >= 11 is 4.85. The number of alkyl halides is 17. The van der Waals surface area contributed by atoms with Gasteiger partial charge in [-0.15, -0.1) is 0 Å². The molecule has 1 aliphatic heterocycles. The number of aromatic nitrogens is 4. The van der Waals surface area contributed by atoms with Crippen LogP contribution in [0.4, 0.5) is 80.5 Å². The lowest BCUT2D eigenvalue weighted by Gasteiger charge is -2.42. The Morgan fingerprint density at radius 2 is 1.32 bits per heavy atom. The molecule has 5 unspecified atom stereocenters. The molecule has 0 amide bonds. The van der Waals surface area contributed by atoms with Crippen LogP contribution in [0.3, 0.4) is 0 Å². The first kappa shape index (κ1) is 45.0. The molecule has 1 fully saturated rings. The number of hydrogen-bond donors (Lipinski definition) is 2. The third kappa shape index (κ3) is 7.35. The highest BCUT2D eigenvalue weighted by atomic mass is 32.5. The summed E-state index contributed by atoms with van der Waals surface area (Å²) < 4.78 is 261. The minimum atomic E-state index is -8.78. The number of halogens is 17. The Hall–Kier alpha value is -2.43. The Kier molecular flexibility index (Phi) is 12.4. The summed E-state index contributed by atoms with van der Waals surface area (Å²) in [5.74, 6) is -52.8. The van der Waals surface area contributed by atoms with Crippen molar-refractivity contribution in [3.8, 4) is 0 Å². The Bertz CT molecular complexity index is 1650. The maximum Gasteiger partial charge on any atom is 0.460 e. The molecule has 1 aliphatic rings. The topological polar surface area (TPSA) is 122 Å². The second kappa shape index (κ2) is 14.6. The molecule has 2 N–H and O–H groups in total. The molecule has 30 heteroatoms. The van der Waals surface area contributed by atoms with Crippen LogP contribution in [-0.2, 0) is 35.1 Å². The second-order valence-corrected chi connectivity index (χ2v) is 13.6. The van der Waals surface area contributed by atoms with Gasteiger partial charge in [-0.05, 0) is 18.2 Å². The van der Waals surface area contributed by atoms with Gasteiger partial charge < -0.3 is 28.9 Å². The van der Waals surface area contributed by atoms with Gasteiger partial charge in [0.15, 0.2) is 23.2 Å². The summed E-state index contributed by atoms with van der Waals surface area (Å²) in [6.45, 7) is -2.74. The molecule has 5 atom stereocenters. The van der Waals surface area contributed by atoms with Gasteiger partial charge >= 0.3 is 54.5 Å². The van der Waals surface area contributed by atoms with Crippen molar-refractivity contribution in [3.63, 3.8) is 0 Å². The SMILES string of the molecule is CCC1OC(n2cnc3c(NC(F)(F)C(F)(F)C(F)(F)C(F)(F)C(F)(F)C(F)(F)C(F)(F)C(F)(F)F)ncnc32)C(OCCOC)C1OP(O)(=S)OC. The maximum atomic E-state index is 14.8. The maximum absolute atomic E-state index is 14.8. The van der Waals surface area contributed by atoms with Crippen molar-refractivity contribution in [2.75, 3.05) is 32.8 Å². The molecule has 0 bridgehead atoms. The quantitative estimate of drug-likeness (QED) is 0.0758. The zero-order valence-electron chi connectivity index (χ0n) is 26.1. The number of ether oxygens (including phenoxy) is 3. The van der Waals surface area contributed by atoms with Gasteiger partial charge in [-0.25, -0.2) is 15.0 Å². The van der Waals surface area contributed by atoms with Gasteiger partial charge in [-0.3, -0.25) is 9.09 Å². The molecule has 1 saturated heterocycles. The van der Waals surface area contributed by atoms with Crippen LogP contribution in [0.1, 0.15) is 19.6 Å². The lowest BCUT2D eigenvalue weighted by Crippen LogP contribution is -2.75. The molecule has 3 heterocycles. The zero-order valence-corrected chi connectivity index (χ0v) is 27.9. The summed E-state index contributed by atoms with van der Waals surface area (Å²) in [5.41, 5.74) is -1.86. The smallest absolute Gasteiger partial charge is 0.382 e. The van der Waals surface area contributed by atoms with Gasteiger partial charge in [0.2, 0.25) is 0 Å². The van der Waals surface area contributed by atoms with Crippen LogP contribution < -0.4 is 5.32 Å². The van der Waals surface area contributed by atoms with Gasteiger partial charge in [-0.2, -0.15) is 74.6 Å². The summed E-state index contributed by atoms with van der Waals surface area (Å²) in [5, 5.41) is 0.192. The second-order valence-electron chi connectivity index (χ2n) is 10.7. The van der Waals surface area contributed by atoms with Crippen LogP contribution in [0.2, 0.25) is 0 Å². The van der Waals surface area contributed by atoms with Gasteiger partial charge in [0.25, 0.3) is 0 Å². The number of hydrogen-bond acceptors (Lipinski definition) is 10. The summed E-state index contributed by atoms with van der Waals surface area (Å²) in [6, 6.07) is -7.01. The van der Waals surface area contributed by atoms with Crippen LogP contribution in [0.5, 0.6) is 0 Å². The van der Waals surface area contributed by atoms with E-state index in [0.717, 1.165) is 11.7 Å². The number of imidazole rings is 1. The lowest BCUT2D eigenvalue weighted by molar-refractivity contribution is -0.460. The highest BCUT2D eigenvalue weighted by Gasteiger charge is 2.95. The van der Waals surface area contributed by atoms with Crippen molar-refractivity contribution in [2.45, 2.75) is 85.6 Å². The number of fused-ring (bicyclic) bond motifs is 1. The average molecular weight is 851 g/mol. The van der Waals surface area contributed by atoms with Crippen LogP contribution in [0, 0.1) is 0 Å². The average Bonchev–Trinajstić information content (AvgIpc) is 3.61. The first-order chi connectivity index (χ1) is 23.8. The number of rotatable bonds is 17. The van der Waals surface area contributed by atoms with Gasteiger partial charge in [0, 0.05) is 14.2 Å². The standard InChI is InChI=1S/C23H23F17N5O6PS/c1-4-9-11(51-52(46,53)48-3)12(49-6-5-47-2)15(50-9)45-8-43-10-13(41-7-42-14(10)45)44-23(39,40)21(34,35)19(30,31)17(26,27)16(24,25)18(28,29)20(32,33)22(36,37)38/h7-9,11-12,15H,4-6H2,1-3H3,(H,46,53)(H,41,42,44). The van der Waals surface area contributed by atoms with Crippen molar-refractivity contribution >= 4 is 35.5 Å². The van der Waals surface area contributed by atoms with E-state index in [0.29, 0.717) is 6.33 Å². The highest BCUT2D eigenvalue weighted by Crippen LogP contribution is 2.64. The van der Waals surface area contributed by atoms with Crippen LogP contribution in [0.25, 0.3) is 11.2 Å². The van der Waals surface area contributed by atoms with E-state index in [9.17, 15) is 79.5 Å². The predicted octanol–water partition coefficient (Wildman–Crippen LogP) is 6.79. The zero-order chi connectivity index (χ0) is 41.0. The van der Waals surface area contributed by atoms with E-state index < -0.39 is 96.0 Å². The minimum Gasteiger partial charge on any atom is -0.382 e. The van der Waals surface area contributed by atoms with Crippen molar-refractivity contribution in [3.05, 3.63) is 12.7 Å². The van der Waals surface area contributed by atoms with Crippen molar-refractivity contribution in [2.24, 2.45) is 0 Å². The fraction of sp³-hybridized carbons (Fsp3) is 0.783. The molecule has 0 spiro atoms. The van der Waals surface area contributed by atoms with Crippen LogP contribution in [0.15, 0.2) is 12.7 Å². The first-order valence-corrected chi connectivity index (χ1v) is 16.4. The molecule has 2 aromatic rings. The van der Waals surface area contributed by atoms with E-state index in [4.69, 9.17) is 35.1 Å². The molecule has 0 aromatic carbocycles. The summed E-state index contributed by atoms with van der Waals surface area (Å²) in [7, 11) is 2.26. The van der Waals surface area contributed by atoms with Gasteiger partial charge in [0.1, 0.15) is 18.5 Å². The number of nitrogens with zero attached hydrogens (tertiary/aromatic N) is 4. The van der Waals surface area contributed by atoms with E-state index in [1.807, 2.05) is 0 Å². The molecular formula is C23H23F17N5O6PS. The third-order valence-corrected chi connectivity index (χ3v) is 9.08. The van der Waals surface area contributed by atoms with Crippen molar-refractivity contribution in [1.29, 1.82) is 0 Å². The molecule has 0 radical (unpaired) electrons. The molecule has 0 aliphatic carbocycles. The fourth-order valence-corrected chi connectivity index (χ4v) is 5.50. The molecular weight excluding hydrogens is 828 g/mol. The van der Waals surface area contributed by atoms with Crippen molar-refractivity contribution < 1.29 is 103 Å². The van der Waals surface area contributed by atoms with Crippen molar-refractivity contribution in [1.82, 2.24) is 19.5 Å². The molecule has 53 heavy (non-hydrogen) atoms. The van der Waals surface area contributed by atoms with Crippen LogP contribution in [-0.4, -0.2) is 118 Å². The van der Waals surface area contributed by atoms with E-state index in [1.54, 1.807) is 6.92 Å². The highest BCUT2D eigenvalue weighted by molar-refractivity contribution is 8.07. The van der Waals surface area contributed by atoms with E-state index in [2.05, 4.69) is 15.0 Å². The Labute approximate surface area is 289 Å². The molecule has 306 valence electrons. The summed E-state index contributed by atoms with van der Waals surface area (Å²) in [6.07, 6.45) is -12.1. The molecule has 3 rings (SSSR count). The van der Waals surface area contributed by atoms with Gasteiger partial charge in [0.05, 0.1) is 25.6 Å². The fourth-order valence-electron chi connectivity index (χ4n) is 4.55. The lowest BCUT2D eigenvalue weighted by atomic mass is 9.90. The number of nitrogens with one attached hydrogen (secondary N) is 1. The Morgan fingerprint density at radius 3 is 1.81 bits per heavy atom. The van der Waals surface area contributed by atoms with E-state index in [-0.39, 0.29) is 31.3 Å². The monoisotopic (exact) mass is 851 g/mol. The normalized spacial score (nSPS) is 22.7.